The van der Waals surface area contributed by atoms with Crippen LogP contribution in [0.2, 0.25) is 0 Å². The highest BCUT2D eigenvalue weighted by atomic mass is 19.4. The average molecular weight is 305 g/mol. The van der Waals surface area contributed by atoms with Crippen molar-refractivity contribution in [3.8, 4) is 5.75 Å². The molecule has 0 aliphatic carbocycles. The summed E-state index contributed by atoms with van der Waals surface area (Å²) in [5.41, 5.74) is 0.940. The minimum absolute atomic E-state index is 0.145. The van der Waals surface area contributed by atoms with Gasteiger partial charge in [-0.2, -0.15) is 13.2 Å². The molecule has 3 nitrogen and oxygen atoms in total. The van der Waals surface area contributed by atoms with Crippen LogP contribution in [0.4, 0.5) is 13.2 Å². The SMILES string of the molecule is CCCNC(COCCC(F)(F)F)c1cccc(OC)c1. The molecule has 1 rings (SSSR count). The van der Waals surface area contributed by atoms with Gasteiger partial charge in [-0.15, -0.1) is 0 Å². The van der Waals surface area contributed by atoms with Crippen LogP contribution in [0.15, 0.2) is 24.3 Å². The summed E-state index contributed by atoms with van der Waals surface area (Å²) >= 11 is 0. The molecule has 0 fully saturated rings. The van der Waals surface area contributed by atoms with Crippen molar-refractivity contribution in [3.63, 3.8) is 0 Å². The predicted octanol–water partition coefficient (Wildman–Crippen LogP) is 3.70. The van der Waals surface area contributed by atoms with Crippen molar-refractivity contribution < 1.29 is 22.6 Å². The van der Waals surface area contributed by atoms with Gasteiger partial charge in [0.2, 0.25) is 0 Å². The quantitative estimate of drug-likeness (QED) is 0.706. The highest BCUT2D eigenvalue weighted by Crippen LogP contribution is 2.21. The Morgan fingerprint density at radius 1 is 1.29 bits per heavy atom. The molecule has 0 bridgehead atoms. The van der Waals surface area contributed by atoms with Crippen molar-refractivity contribution in [1.29, 1.82) is 0 Å². The molecule has 120 valence electrons. The molecule has 0 aliphatic heterocycles. The molecule has 21 heavy (non-hydrogen) atoms. The zero-order valence-corrected chi connectivity index (χ0v) is 12.4. The van der Waals surface area contributed by atoms with Gasteiger partial charge in [-0.1, -0.05) is 19.1 Å². The number of rotatable bonds is 9. The molecular weight excluding hydrogens is 283 g/mol. The highest BCUT2D eigenvalue weighted by Gasteiger charge is 2.26. The van der Waals surface area contributed by atoms with Gasteiger partial charge in [0.25, 0.3) is 0 Å². The normalized spacial score (nSPS) is 13.2. The van der Waals surface area contributed by atoms with Crippen molar-refractivity contribution in [2.45, 2.75) is 32.0 Å². The van der Waals surface area contributed by atoms with Crippen LogP contribution in [-0.4, -0.2) is 33.0 Å². The molecule has 0 saturated heterocycles. The smallest absolute Gasteiger partial charge is 0.391 e. The van der Waals surface area contributed by atoms with Crippen LogP contribution in [0.3, 0.4) is 0 Å². The molecule has 0 saturated carbocycles. The van der Waals surface area contributed by atoms with Gasteiger partial charge in [0.05, 0.1) is 32.8 Å². The molecule has 1 N–H and O–H groups in total. The van der Waals surface area contributed by atoms with E-state index in [1.54, 1.807) is 7.11 Å². The van der Waals surface area contributed by atoms with Crippen LogP contribution in [-0.2, 0) is 4.74 Å². The second kappa shape index (κ2) is 8.89. The van der Waals surface area contributed by atoms with Crippen LogP contribution in [0.25, 0.3) is 0 Å². The topological polar surface area (TPSA) is 30.5 Å². The second-order valence-electron chi connectivity index (χ2n) is 4.72. The van der Waals surface area contributed by atoms with Crippen LogP contribution in [0.5, 0.6) is 5.75 Å². The minimum Gasteiger partial charge on any atom is -0.497 e. The lowest BCUT2D eigenvalue weighted by atomic mass is 10.1. The first-order valence-corrected chi connectivity index (χ1v) is 6.98. The summed E-state index contributed by atoms with van der Waals surface area (Å²) in [6.07, 6.45) is -4.17. The monoisotopic (exact) mass is 305 g/mol. The van der Waals surface area contributed by atoms with Crippen LogP contribution in [0.1, 0.15) is 31.4 Å². The third-order valence-corrected chi connectivity index (χ3v) is 2.95. The molecule has 0 spiro atoms. The van der Waals surface area contributed by atoms with Crippen molar-refractivity contribution in [2.75, 3.05) is 26.9 Å². The fraction of sp³-hybridized carbons (Fsp3) is 0.600. The van der Waals surface area contributed by atoms with E-state index in [0.29, 0.717) is 5.75 Å². The molecule has 0 aliphatic rings. The number of halogens is 3. The van der Waals surface area contributed by atoms with E-state index in [9.17, 15) is 13.2 Å². The van der Waals surface area contributed by atoms with Crippen molar-refractivity contribution >= 4 is 0 Å². The Kier molecular flexibility index (Phi) is 7.53. The Labute approximate surface area is 123 Å². The lowest BCUT2D eigenvalue weighted by Crippen LogP contribution is -2.27. The largest absolute Gasteiger partial charge is 0.497 e. The lowest BCUT2D eigenvalue weighted by Gasteiger charge is -2.20. The minimum atomic E-state index is -4.18. The maximum atomic E-state index is 12.1. The Hall–Kier alpha value is -1.27. The standard InChI is InChI=1S/C15H22F3NO2/c1-3-8-19-14(11-21-9-7-15(16,17)18)12-5-4-6-13(10-12)20-2/h4-6,10,14,19H,3,7-9,11H2,1-2H3. The fourth-order valence-corrected chi connectivity index (χ4v) is 1.84. The number of benzene rings is 1. The van der Waals surface area contributed by atoms with Crippen molar-refractivity contribution in [3.05, 3.63) is 29.8 Å². The Morgan fingerprint density at radius 3 is 2.67 bits per heavy atom. The number of hydrogen-bond acceptors (Lipinski definition) is 3. The van der Waals surface area contributed by atoms with Gasteiger partial charge >= 0.3 is 6.18 Å². The predicted molar refractivity (Wildman–Crippen MR) is 75.5 cm³/mol. The van der Waals surface area contributed by atoms with Crippen molar-refractivity contribution in [2.24, 2.45) is 0 Å². The fourth-order valence-electron chi connectivity index (χ4n) is 1.84. The zero-order valence-electron chi connectivity index (χ0n) is 12.4. The molecular formula is C15H22F3NO2. The number of alkyl halides is 3. The van der Waals surface area contributed by atoms with E-state index >= 15 is 0 Å². The van der Waals surface area contributed by atoms with E-state index in [2.05, 4.69) is 5.32 Å². The van der Waals surface area contributed by atoms with Gasteiger partial charge in [0.1, 0.15) is 5.75 Å². The van der Waals surface area contributed by atoms with E-state index in [-0.39, 0.29) is 19.3 Å². The summed E-state index contributed by atoms with van der Waals surface area (Å²) < 4.78 is 46.6. The van der Waals surface area contributed by atoms with Gasteiger partial charge in [0, 0.05) is 0 Å². The maximum absolute atomic E-state index is 12.1. The van der Waals surface area contributed by atoms with Crippen molar-refractivity contribution in [1.82, 2.24) is 5.32 Å². The molecule has 0 amide bonds. The van der Waals surface area contributed by atoms with Gasteiger partial charge in [0.15, 0.2) is 0 Å². The molecule has 0 heterocycles. The second-order valence-corrected chi connectivity index (χ2v) is 4.72. The molecule has 0 aromatic heterocycles. The third-order valence-electron chi connectivity index (χ3n) is 2.95. The number of ether oxygens (including phenoxy) is 2. The van der Waals surface area contributed by atoms with Gasteiger partial charge < -0.3 is 14.8 Å². The van der Waals surface area contributed by atoms with E-state index in [1.807, 2.05) is 31.2 Å². The first kappa shape index (κ1) is 17.8. The summed E-state index contributed by atoms with van der Waals surface area (Å²) in [6, 6.07) is 7.30. The first-order chi connectivity index (χ1) is 9.96. The maximum Gasteiger partial charge on any atom is 0.391 e. The molecule has 1 aromatic rings. The number of methoxy groups -OCH3 is 1. The third kappa shape index (κ3) is 7.34. The Bertz CT molecular complexity index is 410. The molecule has 0 radical (unpaired) electrons. The van der Waals surface area contributed by atoms with Crippen LogP contribution < -0.4 is 10.1 Å². The van der Waals surface area contributed by atoms with E-state index in [1.165, 1.54) is 0 Å². The molecule has 1 aromatic carbocycles. The summed E-state index contributed by atoms with van der Waals surface area (Å²) in [4.78, 5) is 0. The molecule has 6 heteroatoms. The highest BCUT2D eigenvalue weighted by molar-refractivity contribution is 5.30. The van der Waals surface area contributed by atoms with Crippen LogP contribution in [0, 0.1) is 0 Å². The van der Waals surface area contributed by atoms with Gasteiger partial charge in [-0.3, -0.25) is 0 Å². The van der Waals surface area contributed by atoms with Crippen LogP contribution >= 0.6 is 0 Å². The Morgan fingerprint density at radius 2 is 2.05 bits per heavy atom. The Balaban J connectivity index is 2.58. The molecule has 1 unspecified atom stereocenters. The summed E-state index contributed by atoms with van der Waals surface area (Å²) in [6.45, 7) is 2.67. The van der Waals surface area contributed by atoms with Gasteiger partial charge in [-0.25, -0.2) is 0 Å². The van der Waals surface area contributed by atoms with Gasteiger partial charge in [-0.05, 0) is 30.7 Å². The summed E-state index contributed by atoms with van der Waals surface area (Å²) in [7, 11) is 1.58. The van der Waals surface area contributed by atoms with E-state index < -0.39 is 12.6 Å². The lowest BCUT2D eigenvalue weighted by molar-refractivity contribution is -0.145. The summed E-state index contributed by atoms with van der Waals surface area (Å²) in [5.74, 6) is 0.714. The number of hydrogen-bond donors (Lipinski definition) is 1. The first-order valence-electron chi connectivity index (χ1n) is 6.98. The summed E-state index contributed by atoms with van der Waals surface area (Å²) in [5, 5.41) is 3.27. The van der Waals surface area contributed by atoms with E-state index in [4.69, 9.17) is 9.47 Å². The average Bonchev–Trinajstić information content (AvgIpc) is 2.45. The number of nitrogens with one attached hydrogen (secondary N) is 1. The van der Waals surface area contributed by atoms with E-state index in [0.717, 1.165) is 18.5 Å². The molecule has 1 atom stereocenters. The zero-order chi connectivity index (χ0) is 15.7.